The normalized spacial score (nSPS) is 10.2. The van der Waals surface area contributed by atoms with Crippen LogP contribution in [0.25, 0.3) is 0 Å². The first kappa shape index (κ1) is 13.1. The molecule has 0 aliphatic heterocycles. The number of methoxy groups -OCH3 is 1. The van der Waals surface area contributed by atoms with Crippen LogP contribution >= 0.6 is 27.5 Å². The van der Waals surface area contributed by atoms with Gasteiger partial charge in [0.2, 0.25) is 0 Å². The van der Waals surface area contributed by atoms with Gasteiger partial charge in [-0.3, -0.25) is 4.79 Å². The fourth-order valence-electron chi connectivity index (χ4n) is 1.58. The minimum atomic E-state index is -0.0629. The first-order valence-electron chi connectivity index (χ1n) is 5.25. The summed E-state index contributed by atoms with van der Waals surface area (Å²) < 4.78 is 5.99. The Labute approximate surface area is 119 Å². The number of rotatable bonds is 3. The second-order valence-corrected chi connectivity index (χ2v) is 5.01. The Bertz CT molecular complexity index is 579. The molecule has 0 radical (unpaired) electrons. The van der Waals surface area contributed by atoms with Crippen LogP contribution in [0.2, 0.25) is 5.02 Å². The fourth-order valence-corrected chi connectivity index (χ4v) is 2.10. The van der Waals surface area contributed by atoms with E-state index in [1.807, 2.05) is 12.1 Å². The zero-order chi connectivity index (χ0) is 13.1. The van der Waals surface area contributed by atoms with Crippen LogP contribution < -0.4 is 4.74 Å². The van der Waals surface area contributed by atoms with Gasteiger partial charge in [-0.05, 0) is 42.5 Å². The van der Waals surface area contributed by atoms with E-state index in [1.165, 1.54) is 7.11 Å². The summed E-state index contributed by atoms with van der Waals surface area (Å²) in [6, 6.07) is 12.2. The van der Waals surface area contributed by atoms with Crippen molar-refractivity contribution in [1.82, 2.24) is 0 Å². The highest BCUT2D eigenvalue weighted by Gasteiger charge is 2.11. The first-order chi connectivity index (χ1) is 8.61. The Morgan fingerprint density at radius 2 is 1.72 bits per heavy atom. The molecule has 0 saturated heterocycles. The third-order valence-electron chi connectivity index (χ3n) is 2.52. The average Bonchev–Trinajstić information content (AvgIpc) is 2.38. The standard InChI is InChI=1S/C14H10BrClO2/c1-18-13-7-4-10(8-12(13)16)14(17)9-2-5-11(15)6-3-9/h2-8H,1H3. The van der Waals surface area contributed by atoms with E-state index in [9.17, 15) is 4.79 Å². The second-order valence-electron chi connectivity index (χ2n) is 3.69. The number of hydrogen-bond acceptors (Lipinski definition) is 2. The van der Waals surface area contributed by atoms with Crippen molar-refractivity contribution in [3.05, 3.63) is 63.1 Å². The molecule has 2 aromatic rings. The fraction of sp³-hybridized carbons (Fsp3) is 0.0714. The molecular formula is C14H10BrClO2. The zero-order valence-electron chi connectivity index (χ0n) is 9.61. The minimum absolute atomic E-state index is 0.0629. The van der Waals surface area contributed by atoms with Gasteiger partial charge < -0.3 is 4.74 Å². The number of halogens is 2. The van der Waals surface area contributed by atoms with Gasteiger partial charge in [0.15, 0.2) is 5.78 Å². The lowest BCUT2D eigenvalue weighted by Crippen LogP contribution is -2.01. The van der Waals surface area contributed by atoms with Crippen LogP contribution in [0.4, 0.5) is 0 Å². The van der Waals surface area contributed by atoms with Crippen molar-refractivity contribution < 1.29 is 9.53 Å². The molecule has 2 aromatic carbocycles. The third-order valence-corrected chi connectivity index (χ3v) is 3.34. The molecule has 0 aliphatic rings. The van der Waals surface area contributed by atoms with Crippen LogP contribution in [0.3, 0.4) is 0 Å². The topological polar surface area (TPSA) is 26.3 Å². The lowest BCUT2D eigenvalue weighted by atomic mass is 10.0. The molecule has 18 heavy (non-hydrogen) atoms. The number of carbonyl (C=O) groups is 1. The van der Waals surface area contributed by atoms with Crippen molar-refractivity contribution >= 4 is 33.3 Å². The Morgan fingerprint density at radius 1 is 1.11 bits per heavy atom. The van der Waals surface area contributed by atoms with Crippen LogP contribution in [0.5, 0.6) is 5.75 Å². The van der Waals surface area contributed by atoms with Crippen LogP contribution in [0.1, 0.15) is 15.9 Å². The van der Waals surface area contributed by atoms with E-state index < -0.39 is 0 Å². The largest absolute Gasteiger partial charge is 0.495 e. The molecule has 0 N–H and O–H groups in total. The van der Waals surface area contributed by atoms with Gasteiger partial charge in [-0.2, -0.15) is 0 Å². The van der Waals surface area contributed by atoms with Crippen molar-refractivity contribution in [3.63, 3.8) is 0 Å². The Hall–Kier alpha value is -1.32. The van der Waals surface area contributed by atoms with E-state index >= 15 is 0 Å². The van der Waals surface area contributed by atoms with E-state index in [0.29, 0.717) is 21.9 Å². The van der Waals surface area contributed by atoms with Crippen molar-refractivity contribution in [2.45, 2.75) is 0 Å². The molecule has 0 spiro atoms. The van der Waals surface area contributed by atoms with E-state index in [4.69, 9.17) is 16.3 Å². The third kappa shape index (κ3) is 2.74. The summed E-state index contributed by atoms with van der Waals surface area (Å²) in [7, 11) is 1.54. The van der Waals surface area contributed by atoms with E-state index in [1.54, 1.807) is 30.3 Å². The monoisotopic (exact) mass is 324 g/mol. The summed E-state index contributed by atoms with van der Waals surface area (Å²) in [5.74, 6) is 0.496. The molecule has 0 bridgehead atoms. The van der Waals surface area contributed by atoms with Gasteiger partial charge in [-0.15, -0.1) is 0 Å². The van der Waals surface area contributed by atoms with Gasteiger partial charge >= 0.3 is 0 Å². The smallest absolute Gasteiger partial charge is 0.193 e. The lowest BCUT2D eigenvalue weighted by molar-refractivity contribution is 0.103. The van der Waals surface area contributed by atoms with Crippen LogP contribution in [-0.2, 0) is 0 Å². The molecule has 0 atom stereocenters. The Morgan fingerprint density at radius 3 is 2.28 bits per heavy atom. The van der Waals surface area contributed by atoms with Gasteiger partial charge in [0.25, 0.3) is 0 Å². The maximum atomic E-state index is 12.2. The van der Waals surface area contributed by atoms with E-state index in [-0.39, 0.29) is 5.78 Å². The molecule has 0 amide bonds. The maximum absolute atomic E-state index is 12.2. The number of benzene rings is 2. The summed E-state index contributed by atoms with van der Waals surface area (Å²) in [4.78, 5) is 12.2. The van der Waals surface area contributed by atoms with Crippen LogP contribution in [0, 0.1) is 0 Å². The van der Waals surface area contributed by atoms with Crippen LogP contribution in [0.15, 0.2) is 46.9 Å². The lowest BCUT2D eigenvalue weighted by Gasteiger charge is -2.05. The minimum Gasteiger partial charge on any atom is -0.495 e. The molecule has 0 unspecified atom stereocenters. The Balaban J connectivity index is 2.34. The summed E-state index contributed by atoms with van der Waals surface area (Å²) in [5.41, 5.74) is 1.17. The van der Waals surface area contributed by atoms with Crippen molar-refractivity contribution in [2.75, 3.05) is 7.11 Å². The number of carbonyl (C=O) groups excluding carboxylic acids is 1. The average molecular weight is 326 g/mol. The molecule has 0 aromatic heterocycles. The van der Waals surface area contributed by atoms with Crippen LogP contribution in [-0.4, -0.2) is 12.9 Å². The molecule has 2 rings (SSSR count). The predicted octanol–water partition coefficient (Wildman–Crippen LogP) is 4.34. The highest BCUT2D eigenvalue weighted by Crippen LogP contribution is 2.26. The predicted molar refractivity (Wildman–Crippen MR) is 75.6 cm³/mol. The van der Waals surface area contributed by atoms with Gasteiger partial charge in [0.1, 0.15) is 5.75 Å². The summed E-state index contributed by atoms with van der Waals surface area (Å²) in [6.07, 6.45) is 0. The summed E-state index contributed by atoms with van der Waals surface area (Å²) >= 11 is 9.33. The van der Waals surface area contributed by atoms with Crippen molar-refractivity contribution in [1.29, 1.82) is 0 Å². The number of hydrogen-bond donors (Lipinski definition) is 0. The highest BCUT2D eigenvalue weighted by atomic mass is 79.9. The SMILES string of the molecule is COc1ccc(C(=O)c2ccc(Br)cc2)cc1Cl. The maximum Gasteiger partial charge on any atom is 0.193 e. The summed E-state index contributed by atoms with van der Waals surface area (Å²) in [5, 5.41) is 0.431. The first-order valence-corrected chi connectivity index (χ1v) is 6.42. The van der Waals surface area contributed by atoms with E-state index in [2.05, 4.69) is 15.9 Å². The van der Waals surface area contributed by atoms with Gasteiger partial charge in [-0.1, -0.05) is 27.5 Å². The van der Waals surface area contributed by atoms with Gasteiger partial charge in [0.05, 0.1) is 12.1 Å². The Kier molecular flexibility index (Phi) is 4.04. The summed E-state index contributed by atoms with van der Waals surface area (Å²) in [6.45, 7) is 0. The zero-order valence-corrected chi connectivity index (χ0v) is 12.0. The molecule has 0 fully saturated rings. The van der Waals surface area contributed by atoms with Crippen molar-refractivity contribution in [2.24, 2.45) is 0 Å². The van der Waals surface area contributed by atoms with Crippen molar-refractivity contribution in [3.8, 4) is 5.75 Å². The quantitative estimate of drug-likeness (QED) is 0.785. The molecule has 0 heterocycles. The van der Waals surface area contributed by atoms with E-state index in [0.717, 1.165) is 4.47 Å². The highest BCUT2D eigenvalue weighted by molar-refractivity contribution is 9.10. The van der Waals surface area contributed by atoms with Gasteiger partial charge in [-0.25, -0.2) is 0 Å². The number of ketones is 1. The second kappa shape index (κ2) is 5.55. The molecule has 92 valence electrons. The molecule has 0 aliphatic carbocycles. The molecule has 4 heteroatoms. The number of ether oxygens (including phenoxy) is 1. The molecule has 2 nitrogen and oxygen atoms in total. The molecule has 0 saturated carbocycles. The van der Waals surface area contributed by atoms with Gasteiger partial charge in [0, 0.05) is 15.6 Å². The molecular weight excluding hydrogens is 316 g/mol.